The van der Waals surface area contributed by atoms with Crippen molar-refractivity contribution < 1.29 is 4.42 Å². The number of para-hydroxylation sites is 1. The van der Waals surface area contributed by atoms with E-state index in [1.54, 1.807) is 6.07 Å². The Labute approximate surface area is 164 Å². The lowest BCUT2D eigenvalue weighted by Crippen LogP contribution is -2.46. The Morgan fingerprint density at radius 2 is 1.70 bits per heavy atom. The number of aryl methyl sites for hydroxylation is 2. The van der Waals surface area contributed by atoms with Crippen LogP contribution in [0.2, 0.25) is 5.02 Å². The van der Waals surface area contributed by atoms with Crippen LogP contribution in [0, 0.1) is 13.8 Å². The Balaban J connectivity index is 1.53. The fourth-order valence-corrected chi connectivity index (χ4v) is 3.96. The molecule has 0 unspecified atom stereocenters. The lowest BCUT2D eigenvalue weighted by atomic mass is 10.0. The second kappa shape index (κ2) is 7.37. The smallest absolute Gasteiger partial charge is 0.336 e. The van der Waals surface area contributed by atoms with Crippen LogP contribution in [0.3, 0.4) is 0 Å². The number of nitrogens with zero attached hydrogens (tertiary/aromatic N) is 2. The summed E-state index contributed by atoms with van der Waals surface area (Å²) in [5, 5.41) is 1.83. The van der Waals surface area contributed by atoms with E-state index in [2.05, 4.69) is 28.9 Å². The van der Waals surface area contributed by atoms with E-state index in [1.807, 2.05) is 31.2 Å². The van der Waals surface area contributed by atoms with Crippen molar-refractivity contribution in [1.29, 1.82) is 0 Å². The van der Waals surface area contributed by atoms with Crippen molar-refractivity contribution in [2.45, 2.75) is 20.4 Å². The molecule has 0 saturated carbocycles. The third kappa shape index (κ3) is 3.73. The summed E-state index contributed by atoms with van der Waals surface area (Å²) in [4.78, 5) is 16.7. The molecule has 1 aromatic heterocycles. The summed E-state index contributed by atoms with van der Waals surface area (Å²) in [6, 6.07) is 13.7. The molecule has 5 heteroatoms. The Bertz CT molecular complexity index is 1040. The first-order chi connectivity index (χ1) is 13.0. The van der Waals surface area contributed by atoms with Crippen LogP contribution in [-0.4, -0.2) is 31.1 Å². The third-order valence-corrected chi connectivity index (χ3v) is 5.72. The van der Waals surface area contributed by atoms with Crippen LogP contribution in [0.15, 0.2) is 51.7 Å². The molecule has 1 aliphatic heterocycles. The third-order valence-electron chi connectivity index (χ3n) is 5.40. The molecule has 2 heterocycles. The lowest BCUT2D eigenvalue weighted by molar-refractivity contribution is 0.250. The summed E-state index contributed by atoms with van der Waals surface area (Å²) in [5.41, 5.74) is 4.87. The van der Waals surface area contributed by atoms with E-state index in [4.69, 9.17) is 16.0 Å². The average Bonchev–Trinajstić information content (AvgIpc) is 2.64. The summed E-state index contributed by atoms with van der Waals surface area (Å²) in [7, 11) is 0. The zero-order chi connectivity index (χ0) is 19.0. The predicted molar refractivity (Wildman–Crippen MR) is 111 cm³/mol. The van der Waals surface area contributed by atoms with E-state index in [1.165, 1.54) is 5.56 Å². The van der Waals surface area contributed by atoms with Crippen LogP contribution < -0.4 is 10.5 Å². The molecule has 3 aromatic rings. The average molecular weight is 383 g/mol. The van der Waals surface area contributed by atoms with Gasteiger partial charge in [-0.3, -0.25) is 4.90 Å². The van der Waals surface area contributed by atoms with Crippen LogP contribution in [0.25, 0.3) is 11.0 Å². The zero-order valence-corrected chi connectivity index (χ0v) is 16.4. The van der Waals surface area contributed by atoms with Crippen molar-refractivity contribution in [2.75, 3.05) is 31.1 Å². The largest absolute Gasteiger partial charge is 0.423 e. The molecule has 2 aromatic carbocycles. The summed E-state index contributed by atoms with van der Waals surface area (Å²) in [6.45, 7) is 8.57. The summed E-state index contributed by atoms with van der Waals surface area (Å²) < 4.78 is 5.42. The summed E-state index contributed by atoms with van der Waals surface area (Å²) in [6.07, 6.45) is 0. The summed E-state index contributed by atoms with van der Waals surface area (Å²) in [5.74, 6) is 0. The van der Waals surface area contributed by atoms with Gasteiger partial charge >= 0.3 is 5.63 Å². The van der Waals surface area contributed by atoms with Crippen LogP contribution in [0.5, 0.6) is 0 Å². The molecule has 0 bridgehead atoms. The second-order valence-electron chi connectivity index (χ2n) is 7.24. The number of halogens is 1. The van der Waals surface area contributed by atoms with Gasteiger partial charge in [0.2, 0.25) is 0 Å². The Morgan fingerprint density at radius 1 is 1.00 bits per heavy atom. The standard InChI is InChI=1S/C22H23ClN2O2/c1-15-11-18-17(13-22(26)27-21(18)12-16(15)2)14-24-7-9-25(10-8-24)20-6-4-3-5-19(20)23/h3-6,11-13H,7-10,14H2,1-2H3. The molecule has 0 radical (unpaired) electrons. The molecule has 4 nitrogen and oxygen atoms in total. The lowest BCUT2D eigenvalue weighted by Gasteiger charge is -2.36. The fraction of sp³-hybridized carbons (Fsp3) is 0.318. The van der Waals surface area contributed by atoms with Crippen molar-refractivity contribution in [2.24, 2.45) is 0 Å². The molecule has 1 aliphatic rings. The number of hydrogen-bond donors (Lipinski definition) is 0. The second-order valence-corrected chi connectivity index (χ2v) is 7.65. The van der Waals surface area contributed by atoms with E-state index in [0.717, 1.165) is 59.9 Å². The number of hydrogen-bond acceptors (Lipinski definition) is 4. The molecule has 0 N–H and O–H groups in total. The van der Waals surface area contributed by atoms with Gasteiger partial charge in [0.05, 0.1) is 10.7 Å². The molecule has 140 valence electrons. The van der Waals surface area contributed by atoms with E-state index in [-0.39, 0.29) is 5.63 Å². The Kier molecular flexibility index (Phi) is 4.94. The minimum Gasteiger partial charge on any atom is -0.423 e. The maximum Gasteiger partial charge on any atom is 0.336 e. The molecular formula is C22H23ClN2O2. The van der Waals surface area contributed by atoms with Crippen molar-refractivity contribution in [3.05, 3.63) is 74.6 Å². The maximum absolute atomic E-state index is 12.0. The van der Waals surface area contributed by atoms with Crippen molar-refractivity contribution in [3.8, 4) is 0 Å². The fourth-order valence-electron chi connectivity index (χ4n) is 3.71. The van der Waals surface area contributed by atoms with Gasteiger partial charge in [0, 0.05) is 44.2 Å². The number of benzene rings is 2. The molecule has 0 aliphatic carbocycles. The molecule has 0 atom stereocenters. The molecular weight excluding hydrogens is 360 g/mol. The SMILES string of the molecule is Cc1cc2oc(=O)cc(CN3CCN(c4ccccc4Cl)CC3)c2cc1C. The molecule has 0 spiro atoms. The normalized spacial score (nSPS) is 15.4. The minimum absolute atomic E-state index is 0.282. The van der Waals surface area contributed by atoms with Gasteiger partial charge in [-0.25, -0.2) is 4.79 Å². The number of rotatable bonds is 3. The molecule has 4 rings (SSSR count). The minimum atomic E-state index is -0.282. The molecule has 1 saturated heterocycles. The van der Waals surface area contributed by atoms with Gasteiger partial charge in [-0.1, -0.05) is 23.7 Å². The van der Waals surface area contributed by atoms with E-state index in [9.17, 15) is 4.79 Å². The zero-order valence-electron chi connectivity index (χ0n) is 15.7. The van der Waals surface area contributed by atoms with Gasteiger partial charge in [-0.15, -0.1) is 0 Å². The molecule has 1 fully saturated rings. The summed E-state index contributed by atoms with van der Waals surface area (Å²) >= 11 is 6.33. The molecule has 27 heavy (non-hydrogen) atoms. The van der Waals surface area contributed by atoms with Crippen LogP contribution in [-0.2, 0) is 6.54 Å². The first-order valence-corrected chi connectivity index (χ1v) is 9.65. The first-order valence-electron chi connectivity index (χ1n) is 9.27. The van der Waals surface area contributed by atoms with Crippen LogP contribution >= 0.6 is 11.6 Å². The Morgan fingerprint density at radius 3 is 2.44 bits per heavy atom. The predicted octanol–water partition coefficient (Wildman–Crippen LogP) is 4.39. The number of anilines is 1. The maximum atomic E-state index is 12.0. The van der Waals surface area contributed by atoms with Crippen LogP contribution in [0.4, 0.5) is 5.69 Å². The highest BCUT2D eigenvalue weighted by atomic mass is 35.5. The van der Waals surface area contributed by atoms with Gasteiger partial charge in [-0.2, -0.15) is 0 Å². The van der Waals surface area contributed by atoms with Gasteiger partial charge < -0.3 is 9.32 Å². The van der Waals surface area contributed by atoms with Crippen molar-refractivity contribution >= 4 is 28.3 Å². The molecule has 0 amide bonds. The topological polar surface area (TPSA) is 36.7 Å². The highest BCUT2D eigenvalue weighted by Gasteiger charge is 2.20. The van der Waals surface area contributed by atoms with Crippen LogP contribution in [0.1, 0.15) is 16.7 Å². The van der Waals surface area contributed by atoms with Gasteiger partial charge in [0.15, 0.2) is 0 Å². The van der Waals surface area contributed by atoms with Gasteiger partial charge in [-0.05, 0) is 54.8 Å². The highest BCUT2D eigenvalue weighted by molar-refractivity contribution is 6.33. The van der Waals surface area contributed by atoms with Crippen molar-refractivity contribution in [3.63, 3.8) is 0 Å². The number of fused-ring (bicyclic) bond motifs is 1. The van der Waals surface area contributed by atoms with Gasteiger partial charge in [0.25, 0.3) is 0 Å². The Hall–Kier alpha value is -2.30. The van der Waals surface area contributed by atoms with E-state index in [0.29, 0.717) is 5.58 Å². The van der Waals surface area contributed by atoms with Crippen molar-refractivity contribution in [1.82, 2.24) is 4.90 Å². The van der Waals surface area contributed by atoms with E-state index < -0.39 is 0 Å². The number of piperazine rings is 1. The monoisotopic (exact) mass is 382 g/mol. The quantitative estimate of drug-likeness (QED) is 0.630. The first kappa shape index (κ1) is 18.1. The van der Waals surface area contributed by atoms with E-state index >= 15 is 0 Å². The highest BCUT2D eigenvalue weighted by Crippen LogP contribution is 2.27. The van der Waals surface area contributed by atoms with Gasteiger partial charge in [0.1, 0.15) is 5.58 Å².